The second-order valence-corrected chi connectivity index (χ2v) is 6.27. The van der Waals surface area contributed by atoms with Crippen LogP contribution in [0.1, 0.15) is 43.7 Å². The largest absolute Gasteiger partial charge is 0.389 e. The van der Waals surface area contributed by atoms with E-state index in [-0.39, 0.29) is 5.82 Å². The lowest BCUT2D eigenvalue weighted by molar-refractivity contribution is 0.195. The highest BCUT2D eigenvalue weighted by Gasteiger charge is 2.20. The Balaban J connectivity index is 1.96. The van der Waals surface area contributed by atoms with E-state index in [1.54, 1.807) is 19.1 Å². The topological polar surface area (TPSA) is 50.9 Å². The van der Waals surface area contributed by atoms with Crippen LogP contribution >= 0.6 is 11.8 Å². The van der Waals surface area contributed by atoms with Gasteiger partial charge in [0.15, 0.2) is 5.16 Å². The summed E-state index contributed by atoms with van der Waals surface area (Å²) in [5.74, 6) is 0.648. The molecule has 0 spiro atoms. The summed E-state index contributed by atoms with van der Waals surface area (Å²) in [4.78, 5) is 0.437. The molecule has 1 aliphatic rings. The van der Waals surface area contributed by atoms with E-state index in [1.807, 2.05) is 0 Å². The molecule has 1 aromatic heterocycles. The molecule has 4 nitrogen and oxygen atoms in total. The molecule has 1 aliphatic heterocycles. The summed E-state index contributed by atoms with van der Waals surface area (Å²) >= 11 is 1.25. The molecule has 3 rings (SSSR count). The minimum Gasteiger partial charge on any atom is -0.389 e. The summed E-state index contributed by atoms with van der Waals surface area (Å²) in [6.45, 7) is 2.52. The first-order valence-electron chi connectivity index (χ1n) is 7.23. The van der Waals surface area contributed by atoms with Crippen LogP contribution in [0.2, 0.25) is 0 Å². The molecule has 21 heavy (non-hydrogen) atoms. The molecule has 1 N–H and O–H groups in total. The molecule has 0 aliphatic carbocycles. The molecule has 0 radical (unpaired) electrons. The van der Waals surface area contributed by atoms with Crippen molar-refractivity contribution in [3.8, 4) is 0 Å². The summed E-state index contributed by atoms with van der Waals surface area (Å²) in [5, 5.41) is 19.0. The molecule has 1 aromatic carbocycles. The van der Waals surface area contributed by atoms with Crippen molar-refractivity contribution in [2.45, 2.75) is 55.3 Å². The van der Waals surface area contributed by atoms with Gasteiger partial charge in [0, 0.05) is 13.0 Å². The van der Waals surface area contributed by atoms with Crippen LogP contribution in [0.4, 0.5) is 4.39 Å². The Hall–Kier alpha value is -1.40. The number of halogens is 1. The molecular formula is C15H18FN3OS. The standard InChI is InChI=1S/C15H18FN3OS/c1-10(20)11-6-5-7-12(16)14(11)21-15-18-17-13-8-3-2-4-9-19(13)15/h5-7,10,20H,2-4,8-9H2,1H3/t10-/m0/s1. The highest BCUT2D eigenvalue weighted by Crippen LogP contribution is 2.35. The highest BCUT2D eigenvalue weighted by atomic mass is 32.2. The maximum atomic E-state index is 14.1. The number of aliphatic hydroxyl groups is 1. The van der Waals surface area contributed by atoms with Crippen LogP contribution < -0.4 is 0 Å². The Morgan fingerprint density at radius 3 is 2.95 bits per heavy atom. The quantitative estimate of drug-likeness (QED) is 0.945. The van der Waals surface area contributed by atoms with Gasteiger partial charge in [-0.05, 0) is 43.2 Å². The first kappa shape index (κ1) is 14.5. The fraction of sp³-hybridized carbons (Fsp3) is 0.467. The van der Waals surface area contributed by atoms with Gasteiger partial charge in [-0.15, -0.1) is 10.2 Å². The Bertz CT molecular complexity index is 642. The molecule has 0 amide bonds. The average Bonchev–Trinajstić information content (AvgIpc) is 2.69. The van der Waals surface area contributed by atoms with Crippen molar-refractivity contribution in [1.82, 2.24) is 14.8 Å². The zero-order valence-corrected chi connectivity index (χ0v) is 12.7. The average molecular weight is 307 g/mol. The van der Waals surface area contributed by atoms with E-state index in [0.717, 1.165) is 31.6 Å². The van der Waals surface area contributed by atoms with Gasteiger partial charge in [0.05, 0.1) is 11.0 Å². The highest BCUT2D eigenvalue weighted by molar-refractivity contribution is 7.99. The lowest BCUT2D eigenvalue weighted by Gasteiger charge is -2.12. The minimum atomic E-state index is -0.713. The number of aryl methyl sites for hydroxylation is 1. The molecule has 2 aromatic rings. The van der Waals surface area contributed by atoms with E-state index < -0.39 is 6.10 Å². The Kier molecular flexibility index (Phi) is 4.26. The lowest BCUT2D eigenvalue weighted by atomic mass is 10.1. The number of rotatable bonds is 3. The first-order chi connectivity index (χ1) is 10.2. The van der Waals surface area contributed by atoms with Crippen molar-refractivity contribution in [2.75, 3.05) is 0 Å². The van der Waals surface area contributed by atoms with Gasteiger partial charge in [0.1, 0.15) is 11.6 Å². The van der Waals surface area contributed by atoms with Crippen LogP contribution in [-0.4, -0.2) is 19.9 Å². The van der Waals surface area contributed by atoms with Crippen LogP contribution in [-0.2, 0) is 13.0 Å². The molecule has 0 saturated heterocycles. The maximum Gasteiger partial charge on any atom is 0.196 e. The summed E-state index contributed by atoms with van der Waals surface area (Å²) in [7, 11) is 0. The van der Waals surface area contributed by atoms with Crippen LogP contribution in [0.5, 0.6) is 0 Å². The minimum absolute atomic E-state index is 0.329. The third kappa shape index (κ3) is 2.96. The Labute approximate surface area is 127 Å². The van der Waals surface area contributed by atoms with Crippen molar-refractivity contribution >= 4 is 11.8 Å². The van der Waals surface area contributed by atoms with Gasteiger partial charge >= 0.3 is 0 Å². The van der Waals surface area contributed by atoms with Gasteiger partial charge in [-0.3, -0.25) is 0 Å². The van der Waals surface area contributed by atoms with Gasteiger partial charge in [0.25, 0.3) is 0 Å². The lowest BCUT2D eigenvalue weighted by Crippen LogP contribution is -2.03. The van der Waals surface area contributed by atoms with Gasteiger partial charge in [0.2, 0.25) is 0 Å². The molecular weight excluding hydrogens is 289 g/mol. The molecule has 112 valence electrons. The number of fused-ring (bicyclic) bond motifs is 1. The van der Waals surface area contributed by atoms with Gasteiger partial charge in [-0.2, -0.15) is 0 Å². The van der Waals surface area contributed by atoms with Crippen LogP contribution in [0, 0.1) is 5.82 Å². The number of aromatic nitrogens is 3. The molecule has 0 fully saturated rings. The molecule has 6 heteroatoms. The van der Waals surface area contributed by atoms with E-state index >= 15 is 0 Å². The summed E-state index contributed by atoms with van der Waals surface area (Å²) in [6, 6.07) is 4.77. The van der Waals surface area contributed by atoms with Crippen LogP contribution in [0.3, 0.4) is 0 Å². The smallest absolute Gasteiger partial charge is 0.196 e. The molecule has 2 heterocycles. The number of benzene rings is 1. The summed E-state index contributed by atoms with van der Waals surface area (Å²) in [6.07, 6.45) is 3.62. The monoisotopic (exact) mass is 307 g/mol. The molecule has 0 bridgehead atoms. The molecule has 0 unspecified atom stereocenters. The van der Waals surface area contributed by atoms with Crippen molar-refractivity contribution in [3.63, 3.8) is 0 Å². The van der Waals surface area contributed by atoms with Gasteiger partial charge < -0.3 is 9.67 Å². The third-order valence-corrected chi connectivity index (χ3v) is 4.84. The number of hydrogen-bond acceptors (Lipinski definition) is 4. The second-order valence-electron chi connectivity index (χ2n) is 5.30. The first-order valence-corrected chi connectivity index (χ1v) is 8.05. The molecule has 0 saturated carbocycles. The fourth-order valence-electron chi connectivity index (χ4n) is 2.59. The zero-order chi connectivity index (χ0) is 14.8. The number of nitrogens with zero attached hydrogens (tertiary/aromatic N) is 3. The van der Waals surface area contributed by atoms with Crippen molar-refractivity contribution < 1.29 is 9.50 Å². The van der Waals surface area contributed by atoms with Crippen LogP contribution in [0.15, 0.2) is 28.3 Å². The fourth-order valence-corrected chi connectivity index (χ4v) is 3.68. The van der Waals surface area contributed by atoms with Gasteiger partial charge in [-0.1, -0.05) is 18.6 Å². The normalized spacial score (nSPS) is 16.3. The van der Waals surface area contributed by atoms with Crippen molar-refractivity contribution in [1.29, 1.82) is 0 Å². The second kappa shape index (κ2) is 6.15. The van der Waals surface area contributed by atoms with E-state index in [0.29, 0.717) is 15.6 Å². The van der Waals surface area contributed by atoms with E-state index in [9.17, 15) is 9.50 Å². The Morgan fingerprint density at radius 2 is 2.14 bits per heavy atom. The number of hydrogen-bond donors (Lipinski definition) is 1. The van der Waals surface area contributed by atoms with E-state index in [1.165, 1.54) is 24.2 Å². The van der Waals surface area contributed by atoms with E-state index in [2.05, 4.69) is 14.8 Å². The molecule has 1 atom stereocenters. The van der Waals surface area contributed by atoms with Gasteiger partial charge in [-0.25, -0.2) is 4.39 Å². The maximum absolute atomic E-state index is 14.1. The van der Waals surface area contributed by atoms with Crippen molar-refractivity contribution in [2.24, 2.45) is 0 Å². The predicted octanol–water partition coefficient (Wildman–Crippen LogP) is 3.35. The summed E-state index contributed by atoms with van der Waals surface area (Å²) < 4.78 is 16.2. The predicted molar refractivity (Wildman–Crippen MR) is 78.7 cm³/mol. The van der Waals surface area contributed by atoms with Crippen molar-refractivity contribution in [3.05, 3.63) is 35.4 Å². The Morgan fingerprint density at radius 1 is 1.29 bits per heavy atom. The zero-order valence-electron chi connectivity index (χ0n) is 11.9. The third-order valence-electron chi connectivity index (χ3n) is 3.72. The number of aliphatic hydroxyl groups excluding tert-OH is 1. The SMILES string of the molecule is C[C@H](O)c1cccc(F)c1Sc1nnc2n1CCCCC2. The van der Waals surface area contributed by atoms with E-state index in [4.69, 9.17) is 0 Å². The van der Waals surface area contributed by atoms with Crippen LogP contribution in [0.25, 0.3) is 0 Å². The summed E-state index contributed by atoms with van der Waals surface area (Å²) in [5.41, 5.74) is 0.589.